The van der Waals surface area contributed by atoms with E-state index in [9.17, 15) is 13.2 Å². The average Bonchev–Trinajstić information content (AvgIpc) is 2.75. The van der Waals surface area contributed by atoms with Gasteiger partial charge in [-0.1, -0.05) is 36.2 Å². The van der Waals surface area contributed by atoms with Gasteiger partial charge in [-0.15, -0.1) is 0 Å². The third kappa shape index (κ3) is 5.72. The molecule has 1 fully saturated rings. The highest BCUT2D eigenvalue weighted by atomic mass is 35.5. The molecule has 1 amide bonds. The second-order valence-corrected chi connectivity index (χ2v) is 9.33. The number of hydrogen-bond donors (Lipinski definition) is 2. The molecule has 2 aromatic rings. The Kier molecular flexibility index (Phi) is 7.52. The Balaban J connectivity index is 1.57. The van der Waals surface area contributed by atoms with Crippen LogP contribution in [-0.2, 0) is 10.0 Å². The molecule has 3 rings (SSSR count). The zero-order valence-electron chi connectivity index (χ0n) is 16.2. The summed E-state index contributed by atoms with van der Waals surface area (Å²) in [6.07, 6.45) is 3.45. The van der Waals surface area contributed by atoms with Gasteiger partial charge in [-0.05, 0) is 49.6 Å². The van der Waals surface area contributed by atoms with Crippen LogP contribution < -0.4 is 10.6 Å². The van der Waals surface area contributed by atoms with E-state index in [1.165, 1.54) is 16.4 Å². The molecule has 6 nitrogen and oxygen atoms in total. The minimum atomic E-state index is -3.70. The van der Waals surface area contributed by atoms with E-state index in [0.29, 0.717) is 25.2 Å². The van der Waals surface area contributed by atoms with E-state index >= 15 is 0 Å². The van der Waals surface area contributed by atoms with Crippen LogP contribution in [0.4, 0.5) is 5.69 Å². The van der Waals surface area contributed by atoms with Crippen LogP contribution in [-0.4, -0.2) is 44.8 Å². The first-order valence-electron chi connectivity index (χ1n) is 9.85. The van der Waals surface area contributed by atoms with Gasteiger partial charge < -0.3 is 10.6 Å². The van der Waals surface area contributed by atoms with E-state index in [-0.39, 0.29) is 15.8 Å². The molecule has 0 aromatic heterocycles. The summed E-state index contributed by atoms with van der Waals surface area (Å²) in [6, 6.07) is 14.2. The van der Waals surface area contributed by atoms with Gasteiger partial charge in [-0.2, -0.15) is 4.31 Å². The van der Waals surface area contributed by atoms with Crippen molar-refractivity contribution in [3.05, 3.63) is 59.1 Å². The molecule has 2 N–H and O–H groups in total. The van der Waals surface area contributed by atoms with Crippen LogP contribution >= 0.6 is 11.6 Å². The maximum absolute atomic E-state index is 12.9. The highest BCUT2D eigenvalue weighted by Gasteiger charge is 2.28. The molecule has 1 heterocycles. The topological polar surface area (TPSA) is 78.5 Å². The fourth-order valence-electron chi connectivity index (χ4n) is 3.27. The maximum atomic E-state index is 12.9. The first kappa shape index (κ1) is 21.6. The Morgan fingerprint density at radius 3 is 2.45 bits per heavy atom. The van der Waals surface area contributed by atoms with Crippen molar-refractivity contribution in [1.29, 1.82) is 0 Å². The molecule has 29 heavy (non-hydrogen) atoms. The highest BCUT2D eigenvalue weighted by molar-refractivity contribution is 7.89. The summed E-state index contributed by atoms with van der Waals surface area (Å²) in [6.45, 7) is 2.18. The number of carbonyl (C=O) groups excluding carboxylic acids is 1. The smallest absolute Gasteiger partial charge is 0.251 e. The van der Waals surface area contributed by atoms with Crippen LogP contribution in [0.3, 0.4) is 0 Å². The lowest BCUT2D eigenvalue weighted by Gasteiger charge is -2.26. The Bertz CT molecular complexity index is 929. The number of rotatable bonds is 8. The lowest BCUT2D eigenvalue weighted by atomic mass is 10.2. The summed E-state index contributed by atoms with van der Waals surface area (Å²) in [4.78, 5) is 12.5. The molecule has 0 bridgehead atoms. The SMILES string of the molecule is O=C(NCCCNc1ccccc1)c1ccc(Cl)c(S(=O)(=O)N2CCCCC2)c1. The second-order valence-electron chi connectivity index (χ2n) is 7.01. The van der Waals surface area contributed by atoms with Crippen molar-refractivity contribution in [2.75, 3.05) is 31.5 Å². The number of nitrogens with zero attached hydrogens (tertiary/aromatic N) is 1. The third-order valence-electron chi connectivity index (χ3n) is 4.87. The van der Waals surface area contributed by atoms with Crippen molar-refractivity contribution in [1.82, 2.24) is 9.62 Å². The van der Waals surface area contributed by atoms with Gasteiger partial charge >= 0.3 is 0 Å². The number of halogens is 1. The van der Waals surface area contributed by atoms with E-state index < -0.39 is 10.0 Å². The minimum absolute atomic E-state index is 0.000499. The predicted molar refractivity (Wildman–Crippen MR) is 116 cm³/mol. The summed E-state index contributed by atoms with van der Waals surface area (Å²) in [7, 11) is -3.70. The van der Waals surface area contributed by atoms with Crippen molar-refractivity contribution in [2.24, 2.45) is 0 Å². The lowest BCUT2D eigenvalue weighted by molar-refractivity contribution is 0.0953. The van der Waals surface area contributed by atoms with Gasteiger partial charge in [0, 0.05) is 37.4 Å². The molecule has 1 aliphatic heterocycles. The average molecular weight is 436 g/mol. The number of carbonyl (C=O) groups is 1. The lowest BCUT2D eigenvalue weighted by Crippen LogP contribution is -2.36. The molecule has 156 valence electrons. The Morgan fingerprint density at radius 2 is 1.72 bits per heavy atom. The maximum Gasteiger partial charge on any atom is 0.251 e. The van der Waals surface area contributed by atoms with Crippen LogP contribution in [0.15, 0.2) is 53.4 Å². The number of sulfonamides is 1. The van der Waals surface area contributed by atoms with Crippen molar-refractivity contribution in [2.45, 2.75) is 30.6 Å². The van der Waals surface area contributed by atoms with Crippen LogP contribution in [0.1, 0.15) is 36.0 Å². The van der Waals surface area contributed by atoms with Crippen molar-refractivity contribution in [3.8, 4) is 0 Å². The molecule has 1 saturated heterocycles. The van der Waals surface area contributed by atoms with Crippen LogP contribution in [0, 0.1) is 0 Å². The zero-order chi connectivity index (χ0) is 20.7. The van der Waals surface area contributed by atoms with Crippen LogP contribution in [0.25, 0.3) is 0 Å². The standard InChI is InChI=1S/C21H26ClN3O3S/c22-19-11-10-17(16-20(19)29(27,28)25-14-5-2-6-15-25)21(26)24-13-7-12-23-18-8-3-1-4-9-18/h1,3-4,8-11,16,23H,2,5-7,12-15H2,(H,24,26). The van der Waals surface area contributed by atoms with Gasteiger partial charge in [0.25, 0.3) is 5.91 Å². The van der Waals surface area contributed by atoms with E-state index in [0.717, 1.165) is 37.9 Å². The summed E-state index contributed by atoms with van der Waals surface area (Å²) in [5, 5.41) is 6.25. The van der Waals surface area contributed by atoms with Crippen molar-refractivity contribution < 1.29 is 13.2 Å². The van der Waals surface area contributed by atoms with Gasteiger partial charge in [0.05, 0.1) is 5.02 Å². The number of benzene rings is 2. The van der Waals surface area contributed by atoms with Crippen molar-refractivity contribution >= 4 is 33.2 Å². The second kappa shape index (κ2) is 10.1. The van der Waals surface area contributed by atoms with E-state index in [2.05, 4.69) is 10.6 Å². The molecule has 0 unspecified atom stereocenters. The number of nitrogens with one attached hydrogen (secondary N) is 2. The quantitative estimate of drug-likeness (QED) is 0.619. The zero-order valence-corrected chi connectivity index (χ0v) is 17.8. The van der Waals surface area contributed by atoms with Gasteiger partial charge in [0.15, 0.2) is 0 Å². The van der Waals surface area contributed by atoms with Gasteiger partial charge in [-0.3, -0.25) is 4.79 Å². The number of hydrogen-bond acceptors (Lipinski definition) is 4. The Morgan fingerprint density at radius 1 is 1.00 bits per heavy atom. The molecule has 2 aromatic carbocycles. The first-order chi connectivity index (χ1) is 14.0. The number of piperidine rings is 1. The Labute approximate surface area is 177 Å². The van der Waals surface area contributed by atoms with Crippen molar-refractivity contribution in [3.63, 3.8) is 0 Å². The number of para-hydroxylation sites is 1. The highest BCUT2D eigenvalue weighted by Crippen LogP contribution is 2.27. The molecule has 1 aliphatic rings. The van der Waals surface area contributed by atoms with E-state index in [1.807, 2.05) is 30.3 Å². The number of anilines is 1. The molecular formula is C21H26ClN3O3S. The predicted octanol–water partition coefficient (Wildman–Crippen LogP) is 3.75. The molecule has 0 aliphatic carbocycles. The summed E-state index contributed by atoms with van der Waals surface area (Å²) >= 11 is 6.16. The minimum Gasteiger partial charge on any atom is -0.385 e. The van der Waals surface area contributed by atoms with Gasteiger partial charge in [0.1, 0.15) is 4.90 Å². The van der Waals surface area contributed by atoms with Gasteiger partial charge in [-0.25, -0.2) is 8.42 Å². The van der Waals surface area contributed by atoms with Gasteiger partial charge in [0.2, 0.25) is 10.0 Å². The molecular weight excluding hydrogens is 410 g/mol. The largest absolute Gasteiger partial charge is 0.385 e. The van der Waals surface area contributed by atoms with Crippen LogP contribution in [0.2, 0.25) is 5.02 Å². The summed E-state index contributed by atoms with van der Waals surface area (Å²) < 4.78 is 27.3. The number of amides is 1. The van der Waals surface area contributed by atoms with E-state index in [1.54, 1.807) is 6.07 Å². The molecule has 8 heteroatoms. The Hall–Kier alpha value is -2.09. The third-order valence-corrected chi connectivity index (χ3v) is 7.25. The van der Waals surface area contributed by atoms with Crippen LogP contribution in [0.5, 0.6) is 0 Å². The molecule has 0 atom stereocenters. The fraction of sp³-hybridized carbons (Fsp3) is 0.381. The van der Waals surface area contributed by atoms with E-state index in [4.69, 9.17) is 11.6 Å². The normalized spacial score (nSPS) is 15.1. The molecule has 0 radical (unpaired) electrons. The monoisotopic (exact) mass is 435 g/mol. The molecule has 0 saturated carbocycles. The fourth-order valence-corrected chi connectivity index (χ4v) is 5.29. The summed E-state index contributed by atoms with van der Waals surface area (Å²) in [5.74, 6) is -0.309. The summed E-state index contributed by atoms with van der Waals surface area (Å²) in [5.41, 5.74) is 1.32. The first-order valence-corrected chi connectivity index (χ1v) is 11.7. The molecule has 0 spiro atoms.